The summed E-state index contributed by atoms with van der Waals surface area (Å²) in [6.07, 6.45) is 5.20. The molecule has 0 unspecified atom stereocenters. The van der Waals surface area contributed by atoms with Crippen molar-refractivity contribution >= 4 is 17.7 Å². The lowest BCUT2D eigenvalue weighted by molar-refractivity contribution is -0.135. The third-order valence-corrected chi connectivity index (χ3v) is 1.12. The van der Waals surface area contributed by atoms with E-state index in [1.165, 1.54) is 13.2 Å². The SMILES string of the molecule is CSC/C=C\OC(C)=O. The van der Waals surface area contributed by atoms with E-state index in [-0.39, 0.29) is 5.97 Å². The molecule has 0 aliphatic heterocycles. The van der Waals surface area contributed by atoms with Crippen LogP contribution in [0.25, 0.3) is 0 Å². The number of ether oxygens (including phenoxy) is 1. The lowest BCUT2D eigenvalue weighted by Gasteiger charge is -1.88. The first-order valence-corrected chi connectivity index (χ1v) is 3.98. The lowest BCUT2D eigenvalue weighted by atomic mass is 10.7. The number of thioether (sulfide) groups is 1. The number of rotatable bonds is 3. The molecule has 0 N–H and O–H groups in total. The molecule has 0 aromatic rings. The third-order valence-electron chi connectivity index (χ3n) is 0.593. The van der Waals surface area contributed by atoms with Crippen molar-refractivity contribution in [2.45, 2.75) is 6.92 Å². The molecule has 0 aromatic carbocycles. The fourth-order valence-corrected chi connectivity index (χ4v) is 0.550. The monoisotopic (exact) mass is 146 g/mol. The van der Waals surface area contributed by atoms with Crippen molar-refractivity contribution in [1.82, 2.24) is 0 Å². The molecule has 0 aromatic heterocycles. The molecule has 0 aliphatic rings. The predicted octanol–water partition coefficient (Wildman–Crippen LogP) is 1.43. The van der Waals surface area contributed by atoms with Crippen molar-refractivity contribution in [2.75, 3.05) is 12.0 Å². The van der Waals surface area contributed by atoms with Crippen LogP contribution in [0.5, 0.6) is 0 Å². The highest BCUT2D eigenvalue weighted by Gasteiger charge is 1.82. The van der Waals surface area contributed by atoms with Gasteiger partial charge in [0.2, 0.25) is 0 Å². The number of esters is 1. The number of hydrogen-bond acceptors (Lipinski definition) is 3. The molecule has 0 spiro atoms. The van der Waals surface area contributed by atoms with Crippen LogP contribution in [0.1, 0.15) is 6.92 Å². The van der Waals surface area contributed by atoms with Gasteiger partial charge >= 0.3 is 5.97 Å². The Kier molecular flexibility index (Phi) is 5.41. The first kappa shape index (κ1) is 8.56. The first-order valence-electron chi connectivity index (χ1n) is 2.58. The van der Waals surface area contributed by atoms with Crippen molar-refractivity contribution in [2.24, 2.45) is 0 Å². The Bertz CT molecular complexity index is 110. The van der Waals surface area contributed by atoms with Gasteiger partial charge in [-0.05, 0) is 12.3 Å². The van der Waals surface area contributed by atoms with Gasteiger partial charge in [0, 0.05) is 12.7 Å². The smallest absolute Gasteiger partial charge is 0.307 e. The number of hydrogen-bond donors (Lipinski definition) is 0. The van der Waals surface area contributed by atoms with E-state index in [0.29, 0.717) is 0 Å². The van der Waals surface area contributed by atoms with Crippen LogP contribution in [0.4, 0.5) is 0 Å². The van der Waals surface area contributed by atoms with Crippen molar-refractivity contribution in [1.29, 1.82) is 0 Å². The highest BCUT2D eigenvalue weighted by molar-refractivity contribution is 7.98. The minimum atomic E-state index is -0.271. The van der Waals surface area contributed by atoms with E-state index in [0.717, 1.165) is 5.75 Å². The Hall–Kier alpha value is -0.440. The molecule has 52 valence electrons. The molecular formula is C6H10O2S. The molecule has 0 amide bonds. The predicted molar refractivity (Wildman–Crippen MR) is 39.3 cm³/mol. The molecule has 0 fully saturated rings. The van der Waals surface area contributed by atoms with E-state index in [2.05, 4.69) is 4.74 Å². The van der Waals surface area contributed by atoms with E-state index in [1.807, 2.05) is 6.26 Å². The summed E-state index contributed by atoms with van der Waals surface area (Å²) in [5.41, 5.74) is 0. The van der Waals surface area contributed by atoms with Gasteiger partial charge in [0.1, 0.15) is 0 Å². The quantitative estimate of drug-likeness (QED) is 0.445. The normalized spacial score (nSPS) is 10.0. The van der Waals surface area contributed by atoms with Crippen LogP contribution in [0.2, 0.25) is 0 Å². The summed E-state index contributed by atoms with van der Waals surface area (Å²) in [6.45, 7) is 1.38. The van der Waals surface area contributed by atoms with Crippen molar-refractivity contribution in [3.63, 3.8) is 0 Å². The second-order valence-electron chi connectivity index (χ2n) is 1.44. The van der Waals surface area contributed by atoms with E-state index >= 15 is 0 Å². The summed E-state index contributed by atoms with van der Waals surface area (Å²) < 4.78 is 4.51. The van der Waals surface area contributed by atoms with Gasteiger partial charge in [0.15, 0.2) is 0 Å². The van der Waals surface area contributed by atoms with Crippen LogP contribution in [0.3, 0.4) is 0 Å². The Morgan fingerprint density at radius 1 is 1.78 bits per heavy atom. The summed E-state index contributed by atoms with van der Waals surface area (Å²) >= 11 is 1.68. The summed E-state index contributed by atoms with van der Waals surface area (Å²) in [5, 5.41) is 0. The van der Waals surface area contributed by atoms with Gasteiger partial charge in [-0.15, -0.1) is 0 Å². The van der Waals surface area contributed by atoms with Crippen LogP contribution in [0, 0.1) is 0 Å². The fraction of sp³-hybridized carbons (Fsp3) is 0.500. The molecule has 0 atom stereocenters. The highest BCUT2D eigenvalue weighted by atomic mass is 32.2. The van der Waals surface area contributed by atoms with Crippen LogP contribution >= 0.6 is 11.8 Å². The van der Waals surface area contributed by atoms with Crippen molar-refractivity contribution in [3.8, 4) is 0 Å². The standard InChI is InChI=1S/C6H10O2S/c1-6(7)8-4-3-5-9-2/h3-4H,5H2,1-2H3/b4-3-. The molecule has 0 saturated heterocycles. The third kappa shape index (κ3) is 7.56. The topological polar surface area (TPSA) is 26.3 Å². The van der Waals surface area contributed by atoms with E-state index in [4.69, 9.17) is 0 Å². The minimum Gasteiger partial charge on any atom is -0.435 e. The summed E-state index contributed by atoms with van der Waals surface area (Å²) in [5.74, 6) is 0.611. The molecular weight excluding hydrogens is 136 g/mol. The Morgan fingerprint density at radius 2 is 2.44 bits per heavy atom. The van der Waals surface area contributed by atoms with Gasteiger partial charge < -0.3 is 4.74 Å². The average Bonchev–Trinajstić information content (AvgIpc) is 1.80. The molecule has 0 radical (unpaired) electrons. The van der Waals surface area contributed by atoms with E-state index < -0.39 is 0 Å². The molecule has 0 bridgehead atoms. The molecule has 0 heterocycles. The summed E-state index contributed by atoms with van der Waals surface area (Å²) in [6, 6.07) is 0. The molecule has 0 saturated carbocycles. The maximum atomic E-state index is 10.1. The van der Waals surface area contributed by atoms with Crippen LogP contribution in [-0.2, 0) is 9.53 Å². The zero-order valence-electron chi connectivity index (χ0n) is 5.59. The van der Waals surface area contributed by atoms with E-state index in [1.54, 1.807) is 17.8 Å². The largest absolute Gasteiger partial charge is 0.435 e. The van der Waals surface area contributed by atoms with Gasteiger partial charge in [-0.3, -0.25) is 4.79 Å². The van der Waals surface area contributed by atoms with Gasteiger partial charge in [-0.2, -0.15) is 11.8 Å². The van der Waals surface area contributed by atoms with Crippen LogP contribution in [-0.4, -0.2) is 18.0 Å². The summed E-state index contributed by atoms with van der Waals surface area (Å²) in [4.78, 5) is 10.1. The minimum absolute atomic E-state index is 0.271. The lowest BCUT2D eigenvalue weighted by Crippen LogP contribution is -1.89. The summed E-state index contributed by atoms with van der Waals surface area (Å²) in [7, 11) is 0. The number of carbonyl (C=O) groups excluding carboxylic acids is 1. The second-order valence-corrected chi connectivity index (χ2v) is 2.35. The Labute approximate surface area is 59.3 Å². The average molecular weight is 146 g/mol. The fourth-order valence-electron chi connectivity index (χ4n) is 0.279. The van der Waals surface area contributed by atoms with Crippen LogP contribution < -0.4 is 0 Å². The zero-order chi connectivity index (χ0) is 7.11. The maximum Gasteiger partial charge on any atom is 0.307 e. The van der Waals surface area contributed by atoms with Gasteiger partial charge in [-0.25, -0.2) is 0 Å². The highest BCUT2D eigenvalue weighted by Crippen LogP contribution is 1.91. The van der Waals surface area contributed by atoms with Gasteiger partial charge in [0.05, 0.1) is 6.26 Å². The molecule has 0 rings (SSSR count). The first-order chi connectivity index (χ1) is 4.27. The van der Waals surface area contributed by atoms with Gasteiger partial charge in [-0.1, -0.05) is 0 Å². The molecule has 9 heavy (non-hydrogen) atoms. The molecule has 3 heteroatoms. The Balaban J connectivity index is 3.14. The van der Waals surface area contributed by atoms with Crippen molar-refractivity contribution < 1.29 is 9.53 Å². The van der Waals surface area contributed by atoms with E-state index in [9.17, 15) is 4.79 Å². The second kappa shape index (κ2) is 5.69. The zero-order valence-corrected chi connectivity index (χ0v) is 6.40. The molecule has 2 nitrogen and oxygen atoms in total. The number of carbonyl (C=O) groups is 1. The van der Waals surface area contributed by atoms with Gasteiger partial charge in [0.25, 0.3) is 0 Å². The maximum absolute atomic E-state index is 10.1. The molecule has 0 aliphatic carbocycles. The Morgan fingerprint density at radius 3 is 2.89 bits per heavy atom. The van der Waals surface area contributed by atoms with Crippen molar-refractivity contribution in [3.05, 3.63) is 12.3 Å². The van der Waals surface area contributed by atoms with Crippen LogP contribution in [0.15, 0.2) is 12.3 Å².